The molecule has 9 heteroatoms. The van der Waals surface area contributed by atoms with Gasteiger partial charge in [0.1, 0.15) is 5.92 Å². The van der Waals surface area contributed by atoms with E-state index in [1.165, 1.54) is 17.2 Å². The fourth-order valence-corrected chi connectivity index (χ4v) is 4.53. The number of hydroxylamine groups is 1. The van der Waals surface area contributed by atoms with Crippen LogP contribution < -0.4 is 9.96 Å². The van der Waals surface area contributed by atoms with Crippen LogP contribution >= 0.6 is 11.6 Å². The number of aryl methyl sites for hydroxylation is 1. The molecular formula is C25H18ClF3N2O3. The van der Waals surface area contributed by atoms with E-state index in [-0.39, 0.29) is 5.69 Å². The van der Waals surface area contributed by atoms with Crippen LogP contribution in [0.1, 0.15) is 22.7 Å². The molecule has 0 radical (unpaired) electrons. The monoisotopic (exact) mass is 486 g/mol. The number of halogens is 4. The molecule has 2 aliphatic heterocycles. The van der Waals surface area contributed by atoms with Gasteiger partial charge in [0.15, 0.2) is 6.10 Å². The maximum absolute atomic E-state index is 13.5. The first-order chi connectivity index (χ1) is 16.1. The van der Waals surface area contributed by atoms with E-state index in [9.17, 15) is 22.8 Å². The number of alkyl halides is 3. The Morgan fingerprint density at radius 1 is 0.882 bits per heavy atom. The lowest BCUT2D eigenvalue weighted by Gasteiger charge is -2.29. The second-order valence-corrected chi connectivity index (χ2v) is 8.71. The van der Waals surface area contributed by atoms with E-state index >= 15 is 0 Å². The van der Waals surface area contributed by atoms with Gasteiger partial charge in [-0.05, 0) is 55.0 Å². The van der Waals surface area contributed by atoms with Crippen molar-refractivity contribution in [1.29, 1.82) is 0 Å². The molecule has 0 saturated carbocycles. The molecule has 0 N–H and O–H groups in total. The summed E-state index contributed by atoms with van der Waals surface area (Å²) in [7, 11) is 0. The minimum absolute atomic E-state index is 0.136. The van der Waals surface area contributed by atoms with Crippen molar-refractivity contribution < 1.29 is 27.6 Å². The fraction of sp³-hybridized carbons (Fsp3) is 0.200. The van der Waals surface area contributed by atoms with Crippen LogP contribution in [0.15, 0.2) is 72.8 Å². The highest BCUT2D eigenvalue weighted by molar-refractivity contribution is 6.30. The number of fused-ring (bicyclic) bond motifs is 1. The SMILES string of the molecule is Cc1ccc([C@@H]2[C@@H]3C(=O)N(c4cccc(C(F)(F)F)c4)C(=O)[C@H]3ON2c2ccc(Cl)cc2)cc1. The molecule has 0 aliphatic carbocycles. The molecule has 2 saturated heterocycles. The Labute approximate surface area is 198 Å². The zero-order valence-electron chi connectivity index (χ0n) is 17.8. The van der Waals surface area contributed by atoms with Crippen LogP contribution in [-0.2, 0) is 20.6 Å². The number of anilines is 2. The average molecular weight is 487 g/mol. The summed E-state index contributed by atoms with van der Waals surface area (Å²) in [6.45, 7) is 1.92. The van der Waals surface area contributed by atoms with Crippen LogP contribution in [0.3, 0.4) is 0 Å². The molecule has 3 atom stereocenters. The molecule has 34 heavy (non-hydrogen) atoms. The third kappa shape index (κ3) is 3.73. The first kappa shape index (κ1) is 22.4. The second kappa shape index (κ2) is 8.14. The van der Waals surface area contributed by atoms with Crippen molar-refractivity contribution in [3.63, 3.8) is 0 Å². The molecule has 3 aromatic rings. The lowest BCUT2D eigenvalue weighted by Crippen LogP contribution is -2.37. The second-order valence-electron chi connectivity index (χ2n) is 8.27. The van der Waals surface area contributed by atoms with Gasteiger partial charge in [0, 0.05) is 5.02 Å². The number of carbonyl (C=O) groups is 2. The predicted molar refractivity (Wildman–Crippen MR) is 120 cm³/mol. The Morgan fingerprint density at radius 2 is 1.56 bits per heavy atom. The topological polar surface area (TPSA) is 49.9 Å². The largest absolute Gasteiger partial charge is 0.416 e. The maximum Gasteiger partial charge on any atom is 0.416 e. The van der Waals surface area contributed by atoms with Crippen LogP contribution in [0.4, 0.5) is 24.5 Å². The average Bonchev–Trinajstić information content (AvgIpc) is 3.30. The Hall–Kier alpha value is -3.36. The number of amides is 2. The molecule has 2 aliphatic rings. The zero-order chi connectivity index (χ0) is 24.2. The van der Waals surface area contributed by atoms with Crippen molar-refractivity contribution in [1.82, 2.24) is 0 Å². The number of imide groups is 1. The van der Waals surface area contributed by atoms with Gasteiger partial charge in [-0.25, -0.2) is 9.96 Å². The standard InChI is InChI=1S/C25H18ClF3N2O3/c1-14-5-7-15(8-6-14)21-20-22(34-31(21)18-11-9-17(26)10-12-18)24(33)30(23(20)32)19-4-2-3-16(13-19)25(27,28)29/h2-13,20-22H,1H3/t20-,21+,22-/m0/s1. The Kier molecular flexibility index (Phi) is 5.37. The molecule has 3 aromatic carbocycles. The van der Waals surface area contributed by atoms with E-state index in [2.05, 4.69) is 0 Å². The van der Waals surface area contributed by atoms with Gasteiger partial charge >= 0.3 is 6.18 Å². The molecule has 0 aromatic heterocycles. The third-order valence-corrected chi connectivity index (χ3v) is 6.30. The van der Waals surface area contributed by atoms with E-state index in [1.807, 2.05) is 31.2 Å². The van der Waals surface area contributed by atoms with E-state index in [4.69, 9.17) is 16.4 Å². The number of rotatable bonds is 3. The zero-order valence-corrected chi connectivity index (χ0v) is 18.5. The van der Waals surface area contributed by atoms with Gasteiger partial charge in [-0.15, -0.1) is 0 Å². The van der Waals surface area contributed by atoms with Gasteiger partial charge in [-0.3, -0.25) is 14.4 Å². The highest BCUT2D eigenvalue weighted by Gasteiger charge is 2.60. The lowest BCUT2D eigenvalue weighted by molar-refractivity contribution is -0.137. The Morgan fingerprint density at radius 3 is 2.21 bits per heavy atom. The third-order valence-electron chi connectivity index (χ3n) is 6.05. The molecule has 2 fully saturated rings. The Bertz CT molecular complexity index is 1260. The highest BCUT2D eigenvalue weighted by atomic mass is 35.5. The van der Waals surface area contributed by atoms with Crippen LogP contribution in [-0.4, -0.2) is 17.9 Å². The number of carbonyl (C=O) groups excluding carboxylic acids is 2. The van der Waals surface area contributed by atoms with Crippen molar-refractivity contribution in [3.8, 4) is 0 Å². The number of nitrogens with zero attached hydrogens (tertiary/aromatic N) is 2. The highest BCUT2D eigenvalue weighted by Crippen LogP contribution is 2.48. The van der Waals surface area contributed by atoms with Crippen LogP contribution in [0.25, 0.3) is 0 Å². The van der Waals surface area contributed by atoms with E-state index < -0.39 is 41.6 Å². The molecule has 2 heterocycles. The summed E-state index contributed by atoms with van der Waals surface area (Å²) in [6, 6.07) is 17.7. The molecular weight excluding hydrogens is 469 g/mol. The molecule has 174 valence electrons. The van der Waals surface area contributed by atoms with Crippen molar-refractivity contribution in [2.75, 3.05) is 9.96 Å². The van der Waals surface area contributed by atoms with Crippen LogP contribution in [0.2, 0.25) is 5.02 Å². The van der Waals surface area contributed by atoms with E-state index in [0.717, 1.165) is 28.2 Å². The number of hydrogen-bond acceptors (Lipinski definition) is 4. The summed E-state index contributed by atoms with van der Waals surface area (Å²) in [5.41, 5.74) is 1.26. The van der Waals surface area contributed by atoms with Gasteiger partial charge in [0.25, 0.3) is 5.91 Å². The quantitative estimate of drug-likeness (QED) is 0.444. The summed E-state index contributed by atoms with van der Waals surface area (Å²) in [4.78, 5) is 33.6. The van der Waals surface area contributed by atoms with Crippen LogP contribution in [0, 0.1) is 12.8 Å². The predicted octanol–water partition coefficient (Wildman–Crippen LogP) is 5.72. The normalized spacial score (nSPS) is 22.4. The first-order valence-corrected chi connectivity index (χ1v) is 10.9. The first-order valence-electron chi connectivity index (χ1n) is 10.5. The molecule has 0 spiro atoms. The van der Waals surface area contributed by atoms with E-state index in [1.54, 1.807) is 24.3 Å². The summed E-state index contributed by atoms with van der Waals surface area (Å²) >= 11 is 6.01. The lowest BCUT2D eigenvalue weighted by atomic mass is 9.90. The molecule has 5 nitrogen and oxygen atoms in total. The minimum atomic E-state index is -4.61. The molecule has 5 rings (SSSR count). The summed E-state index contributed by atoms with van der Waals surface area (Å²) in [5.74, 6) is -2.26. The smallest absolute Gasteiger partial charge is 0.273 e. The molecule has 0 unspecified atom stereocenters. The van der Waals surface area contributed by atoms with Crippen molar-refractivity contribution >= 4 is 34.8 Å². The molecule has 0 bridgehead atoms. The molecule has 2 amide bonds. The van der Waals surface area contributed by atoms with Gasteiger partial charge < -0.3 is 0 Å². The minimum Gasteiger partial charge on any atom is -0.273 e. The van der Waals surface area contributed by atoms with Crippen LogP contribution in [0.5, 0.6) is 0 Å². The van der Waals surface area contributed by atoms with Crippen molar-refractivity contribution in [3.05, 3.63) is 94.5 Å². The Balaban J connectivity index is 1.57. The van der Waals surface area contributed by atoms with E-state index in [0.29, 0.717) is 10.7 Å². The number of hydrogen-bond donors (Lipinski definition) is 0. The summed E-state index contributed by atoms with van der Waals surface area (Å²) < 4.78 is 39.7. The van der Waals surface area contributed by atoms with Gasteiger partial charge in [-0.2, -0.15) is 13.2 Å². The summed E-state index contributed by atoms with van der Waals surface area (Å²) in [6.07, 6.45) is -5.78. The van der Waals surface area contributed by atoms with Gasteiger partial charge in [0.2, 0.25) is 5.91 Å². The maximum atomic E-state index is 13.5. The fourth-order valence-electron chi connectivity index (χ4n) is 4.40. The van der Waals surface area contributed by atoms with Gasteiger partial charge in [-0.1, -0.05) is 47.5 Å². The van der Waals surface area contributed by atoms with Crippen molar-refractivity contribution in [2.45, 2.75) is 25.2 Å². The van der Waals surface area contributed by atoms with Crippen molar-refractivity contribution in [2.24, 2.45) is 5.92 Å². The number of benzene rings is 3. The summed E-state index contributed by atoms with van der Waals surface area (Å²) in [5, 5.41) is 2.02. The van der Waals surface area contributed by atoms with Gasteiger partial charge in [0.05, 0.1) is 23.0 Å².